The van der Waals surface area contributed by atoms with Gasteiger partial charge < -0.3 is 10.2 Å². The topological polar surface area (TPSA) is 45.5 Å². The number of anilines is 1. The zero-order chi connectivity index (χ0) is 21.4. The van der Waals surface area contributed by atoms with Gasteiger partial charge in [0.25, 0.3) is 0 Å². The van der Waals surface area contributed by atoms with Gasteiger partial charge in [0.15, 0.2) is 5.65 Å². The van der Waals surface area contributed by atoms with Crippen LogP contribution in [0.15, 0.2) is 36.5 Å². The van der Waals surface area contributed by atoms with Gasteiger partial charge in [0.05, 0.1) is 5.69 Å². The summed E-state index contributed by atoms with van der Waals surface area (Å²) in [7, 11) is 2.05. The molecule has 0 atom stereocenters. The van der Waals surface area contributed by atoms with Crippen LogP contribution in [0, 0.1) is 5.92 Å². The molecule has 5 rings (SSSR count). The van der Waals surface area contributed by atoms with Crippen molar-refractivity contribution in [3.63, 3.8) is 0 Å². The predicted octanol–water partition coefficient (Wildman–Crippen LogP) is 3.76. The molecule has 0 radical (unpaired) electrons. The van der Waals surface area contributed by atoms with Crippen LogP contribution < -0.4 is 10.8 Å². The Morgan fingerprint density at radius 1 is 1.06 bits per heavy atom. The van der Waals surface area contributed by atoms with Crippen molar-refractivity contribution in [3.8, 4) is 11.3 Å². The van der Waals surface area contributed by atoms with Gasteiger partial charge in [-0.05, 0) is 56.0 Å². The highest BCUT2D eigenvalue weighted by molar-refractivity contribution is 6.36. The van der Waals surface area contributed by atoms with Gasteiger partial charge in [-0.25, -0.2) is 4.98 Å². The minimum atomic E-state index is 0.452. The molecule has 1 N–H and O–H groups in total. The summed E-state index contributed by atoms with van der Waals surface area (Å²) < 4.78 is 1.94. The van der Waals surface area contributed by atoms with Crippen molar-refractivity contribution in [1.29, 1.82) is 0 Å². The summed E-state index contributed by atoms with van der Waals surface area (Å²) in [5.41, 5.74) is 3.79. The first-order valence-corrected chi connectivity index (χ1v) is 12.1. The number of nitrogens with zero attached hydrogens (tertiary/aromatic N) is 4. The first-order valence-electron chi connectivity index (χ1n) is 11.7. The van der Waals surface area contributed by atoms with Crippen LogP contribution in [0.2, 0.25) is 5.02 Å². The second-order valence-electron chi connectivity index (χ2n) is 9.44. The van der Waals surface area contributed by atoms with E-state index in [0.717, 1.165) is 58.0 Å². The van der Waals surface area contributed by atoms with Crippen molar-refractivity contribution < 1.29 is 0 Å². The molecule has 0 amide bonds. The van der Waals surface area contributed by atoms with E-state index in [-0.39, 0.29) is 0 Å². The Bertz CT molecular complexity index is 1050. The number of benzene rings is 1. The highest BCUT2D eigenvalue weighted by Crippen LogP contribution is 2.31. The summed E-state index contributed by atoms with van der Waals surface area (Å²) in [6.07, 6.45) is 9.74. The van der Waals surface area contributed by atoms with Crippen LogP contribution in [0.3, 0.4) is 0 Å². The molecule has 1 saturated heterocycles. The van der Waals surface area contributed by atoms with E-state index in [9.17, 15) is 0 Å². The van der Waals surface area contributed by atoms with Crippen LogP contribution in [0.1, 0.15) is 45.4 Å². The molecule has 1 saturated carbocycles. The number of piperidine rings is 1. The summed E-state index contributed by atoms with van der Waals surface area (Å²) in [5.74, 6) is 1.91. The lowest BCUT2D eigenvalue weighted by Crippen LogP contribution is -2.45. The number of hydrogen-bond donors (Lipinski definition) is 1. The van der Waals surface area contributed by atoms with Crippen molar-refractivity contribution in [1.82, 2.24) is 19.5 Å². The third-order valence-corrected chi connectivity index (χ3v) is 7.51. The van der Waals surface area contributed by atoms with Crippen LogP contribution in [0.25, 0.3) is 16.9 Å². The maximum absolute atomic E-state index is 6.48. The summed E-state index contributed by atoms with van der Waals surface area (Å²) in [6, 6.07) is 11.2. The molecule has 1 aromatic carbocycles. The minimum absolute atomic E-state index is 0.452. The molecule has 0 unspecified atom stereocenters. The molecular formula is C24H31BClN5. The smallest absolute Gasteiger partial charge is 0.151 e. The molecule has 2 fully saturated rings. The van der Waals surface area contributed by atoms with E-state index in [2.05, 4.69) is 36.2 Å². The highest BCUT2D eigenvalue weighted by Gasteiger charge is 2.28. The van der Waals surface area contributed by atoms with Gasteiger partial charge in [0.1, 0.15) is 13.7 Å². The molecular weight excluding hydrogens is 405 g/mol. The molecule has 1 aliphatic heterocycles. The maximum Gasteiger partial charge on any atom is 0.151 e. The van der Waals surface area contributed by atoms with Crippen LogP contribution >= 0.6 is 11.6 Å². The fourth-order valence-corrected chi connectivity index (χ4v) is 5.44. The summed E-state index contributed by atoms with van der Waals surface area (Å²) in [5, 5.41) is 9.09. The Morgan fingerprint density at radius 3 is 2.55 bits per heavy atom. The van der Waals surface area contributed by atoms with Gasteiger partial charge in [0, 0.05) is 48.0 Å². The average Bonchev–Trinajstić information content (AvgIpc) is 3.16. The lowest BCUT2D eigenvalue weighted by atomic mass is 9.85. The third-order valence-electron chi connectivity index (χ3n) is 7.18. The number of likely N-dealkylation sites (tertiary alicyclic amines) is 1. The van der Waals surface area contributed by atoms with Crippen LogP contribution in [-0.4, -0.2) is 52.5 Å². The molecule has 0 spiro atoms. The fraction of sp³-hybridized carbons (Fsp3) is 0.500. The van der Waals surface area contributed by atoms with Gasteiger partial charge in [0.2, 0.25) is 0 Å². The third kappa shape index (κ3) is 4.33. The fourth-order valence-electron chi connectivity index (χ4n) is 5.21. The van der Waals surface area contributed by atoms with Crippen molar-refractivity contribution in [2.75, 3.05) is 18.4 Å². The SMILES string of the molecule is Bc1cnn2c(NC3CCN(C4CCC(C)CC4)CC3)cc(-c3ccccc3Cl)nc12. The number of halogens is 1. The minimum Gasteiger partial charge on any atom is -0.367 e. The van der Waals surface area contributed by atoms with E-state index in [1.807, 2.05) is 35.0 Å². The summed E-state index contributed by atoms with van der Waals surface area (Å²) in [4.78, 5) is 7.60. The summed E-state index contributed by atoms with van der Waals surface area (Å²) in [6.45, 7) is 4.76. The highest BCUT2D eigenvalue weighted by atomic mass is 35.5. The van der Waals surface area contributed by atoms with E-state index >= 15 is 0 Å². The lowest BCUT2D eigenvalue weighted by Gasteiger charge is -2.40. The van der Waals surface area contributed by atoms with Crippen LogP contribution in [-0.2, 0) is 0 Å². The molecule has 7 heteroatoms. The van der Waals surface area contributed by atoms with E-state index in [0.29, 0.717) is 6.04 Å². The Hall–Kier alpha value is -2.05. The molecule has 5 nitrogen and oxygen atoms in total. The maximum atomic E-state index is 6.48. The van der Waals surface area contributed by atoms with E-state index in [1.54, 1.807) is 0 Å². The second kappa shape index (κ2) is 8.83. The Morgan fingerprint density at radius 2 is 1.81 bits per heavy atom. The Balaban J connectivity index is 1.34. The molecule has 0 bridgehead atoms. The molecule has 2 aromatic heterocycles. The number of hydrogen-bond acceptors (Lipinski definition) is 4. The second-order valence-corrected chi connectivity index (χ2v) is 9.84. The van der Waals surface area contributed by atoms with Gasteiger partial charge in [-0.2, -0.15) is 9.61 Å². The molecule has 2 aliphatic rings. The lowest BCUT2D eigenvalue weighted by molar-refractivity contribution is 0.113. The van der Waals surface area contributed by atoms with E-state index in [1.165, 1.54) is 38.8 Å². The van der Waals surface area contributed by atoms with Crippen LogP contribution in [0.4, 0.5) is 5.82 Å². The van der Waals surface area contributed by atoms with Gasteiger partial charge in [-0.15, -0.1) is 0 Å². The van der Waals surface area contributed by atoms with Crippen molar-refractivity contribution >= 4 is 36.4 Å². The van der Waals surface area contributed by atoms with Crippen molar-refractivity contribution in [3.05, 3.63) is 41.6 Å². The summed E-state index contributed by atoms with van der Waals surface area (Å²) >= 11 is 6.48. The largest absolute Gasteiger partial charge is 0.367 e. The molecule has 1 aliphatic carbocycles. The van der Waals surface area contributed by atoms with E-state index in [4.69, 9.17) is 16.6 Å². The van der Waals surface area contributed by atoms with Crippen LogP contribution in [0.5, 0.6) is 0 Å². The van der Waals surface area contributed by atoms with Gasteiger partial charge in [-0.1, -0.05) is 36.7 Å². The average molecular weight is 436 g/mol. The van der Waals surface area contributed by atoms with Crippen molar-refractivity contribution in [2.24, 2.45) is 5.92 Å². The normalized spacial score (nSPS) is 23.3. The number of rotatable bonds is 4. The predicted molar refractivity (Wildman–Crippen MR) is 131 cm³/mol. The Labute approximate surface area is 190 Å². The standard InChI is InChI=1S/C24H31BClN5/c1-16-6-8-18(9-7-16)30-12-10-17(11-13-30)28-23-14-22(19-4-2-3-5-21(19)26)29-24-20(25)15-27-31(23)24/h2-5,14-18,28H,6-13,25H2,1H3. The molecule has 31 heavy (non-hydrogen) atoms. The van der Waals surface area contributed by atoms with Gasteiger partial charge in [-0.3, -0.25) is 0 Å². The first kappa shape index (κ1) is 20.8. The van der Waals surface area contributed by atoms with Crippen molar-refractivity contribution in [2.45, 2.75) is 57.5 Å². The Kier molecular flexibility index (Phi) is 5.94. The zero-order valence-electron chi connectivity index (χ0n) is 18.5. The number of nitrogens with one attached hydrogen (secondary N) is 1. The molecule has 162 valence electrons. The zero-order valence-corrected chi connectivity index (χ0v) is 19.3. The first-order chi connectivity index (χ1) is 15.1. The molecule has 3 aromatic rings. The van der Waals surface area contributed by atoms with E-state index < -0.39 is 0 Å². The quantitative estimate of drug-likeness (QED) is 0.634. The number of fused-ring (bicyclic) bond motifs is 1. The molecule has 3 heterocycles. The monoisotopic (exact) mass is 435 g/mol. The number of aromatic nitrogens is 3. The van der Waals surface area contributed by atoms with Gasteiger partial charge >= 0.3 is 0 Å².